The van der Waals surface area contributed by atoms with Gasteiger partial charge in [0.25, 0.3) is 5.95 Å². The molecule has 0 bridgehead atoms. The molecule has 37 heavy (non-hydrogen) atoms. The molecule has 4 rings (SSSR count). The highest BCUT2D eigenvalue weighted by atomic mass is 19.4. The molecule has 0 fully saturated rings. The van der Waals surface area contributed by atoms with Gasteiger partial charge >= 0.3 is 12.3 Å². The maximum absolute atomic E-state index is 14.2. The zero-order chi connectivity index (χ0) is 26.9. The van der Waals surface area contributed by atoms with Gasteiger partial charge in [0.2, 0.25) is 0 Å². The molecule has 0 radical (unpaired) electrons. The Morgan fingerprint density at radius 1 is 1.14 bits per heavy atom. The first-order valence-electron chi connectivity index (χ1n) is 10.7. The lowest BCUT2D eigenvalue weighted by molar-refractivity contribution is -0.119. The number of nitrogens with zero attached hydrogens (tertiary/aromatic N) is 6. The van der Waals surface area contributed by atoms with Crippen molar-refractivity contribution in [3.8, 4) is 5.95 Å². The van der Waals surface area contributed by atoms with Crippen molar-refractivity contribution in [1.82, 2.24) is 24.7 Å². The highest BCUT2D eigenvalue weighted by Gasteiger charge is 2.37. The van der Waals surface area contributed by atoms with E-state index in [9.17, 15) is 26.7 Å². The number of carbonyl (C=O) groups is 1. The maximum atomic E-state index is 14.2. The third-order valence-electron chi connectivity index (χ3n) is 5.08. The van der Waals surface area contributed by atoms with Gasteiger partial charge in [-0.2, -0.15) is 32.9 Å². The second kappa shape index (κ2) is 9.83. The van der Waals surface area contributed by atoms with Gasteiger partial charge in [-0.15, -0.1) is 0 Å². The van der Waals surface area contributed by atoms with Crippen molar-refractivity contribution in [1.29, 1.82) is 0 Å². The number of hydrogen-bond acceptors (Lipinski definition) is 8. The number of fused-ring (bicyclic) bond motifs is 1. The number of benzene rings is 1. The Morgan fingerprint density at radius 2 is 1.81 bits per heavy atom. The van der Waals surface area contributed by atoms with Crippen molar-refractivity contribution < 1.29 is 31.5 Å². The minimum Gasteiger partial charge on any atom is -0.449 e. The smallest absolute Gasteiger partial charge is 0.414 e. The topological polar surface area (TPSA) is 138 Å². The van der Waals surface area contributed by atoms with Crippen LogP contribution in [-0.4, -0.2) is 50.2 Å². The third kappa shape index (κ3) is 5.34. The fraction of sp³-hybridized carbons (Fsp3) is 0.227. The van der Waals surface area contributed by atoms with E-state index in [1.807, 2.05) is 0 Å². The van der Waals surface area contributed by atoms with Gasteiger partial charge in [0, 0.05) is 12.5 Å². The molecule has 0 aliphatic carbocycles. The summed E-state index contributed by atoms with van der Waals surface area (Å²) >= 11 is 0. The molecule has 0 aliphatic heterocycles. The lowest BCUT2D eigenvalue weighted by Crippen LogP contribution is -2.40. The van der Waals surface area contributed by atoms with E-state index in [4.69, 9.17) is 16.2 Å². The van der Waals surface area contributed by atoms with Gasteiger partial charge in [-0.05, 0) is 18.6 Å². The average molecular weight is 522 g/mol. The molecule has 4 N–H and O–H groups in total. The predicted molar refractivity (Wildman–Crippen MR) is 123 cm³/mol. The van der Waals surface area contributed by atoms with Gasteiger partial charge in [0.1, 0.15) is 29.4 Å². The normalized spacial score (nSPS) is 11.6. The zero-order valence-electron chi connectivity index (χ0n) is 19.1. The van der Waals surface area contributed by atoms with Crippen molar-refractivity contribution in [2.75, 3.05) is 29.5 Å². The molecule has 1 amide bonds. The number of ether oxygens (including phenoxy) is 1. The Morgan fingerprint density at radius 3 is 2.43 bits per heavy atom. The van der Waals surface area contributed by atoms with E-state index >= 15 is 0 Å². The number of nitrogen functional groups attached to an aromatic ring is 2. The molecule has 194 valence electrons. The molecule has 0 saturated carbocycles. The SMILES string of the molecule is CCOC(=O)N(CC(F)(F)F)c1c(N)nc(-n2nc(Cc3ccccc3F)c3ncc(F)cc32)nc1N. The highest BCUT2D eigenvalue weighted by Crippen LogP contribution is 2.32. The predicted octanol–water partition coefficient (Wildman–Crippen LogP) is 3.77. The second-order valence-electron chi connectivity index (χ2n) is 7.69. The summed E-state index contributed by atoms with van der Waals surface area (Å²) < 4.78 is 73.5. The number of alkyl halides is 3. The minimum atomic E-state index is -4.83. The number of anilines is 3. The van der Waals surface area contributed by atoms with Crippen molar-refractivity contribution >= 4 is 34.4 Å². The van der Waals surface area contributed by atoms with Crippen LogP contribution in [-0.2, 0) is 11.2 Å². The molecule has 4 aromatic rings. The molecule has 0 aliphatic rings. The fourth-order valence-electron chi connectivity index (χ4n) is 3.59. The van der Waals surface area contributed by atoms with Crippen LogP contribution < -0.4 is 16.4 Å². The van der Waals surface area contributed by atoms with E-state index in [-0.39, 0.29) is 46.2 Å². The molecular formula is C22H19F5N8O2. The summed E-state index contributed by atoms with van der Waals surface area (Å²) in [5.74, 6) is -2.76. The Bertz CT molecular complexity index is 1450. The zero-order valence-corrected chi connectivity index (χ0v) is 19.1. The van der Waals surface area contributed by atoms with Gasteiger partial charge in [-0.25, -0.2) is 18.6 Å². The molecule has 0 saturated heterocycles. The first-order chi connectivity index (χ1) is 17.5. The molecule has 0 unspecified atom stereocenters. The van der Waals surface area contributed by atoms with Gasteiger partial charge < -0.3 is 16.2 Å². The summed E-state index contributed by atoms with van der Waals surface area (Å²) in [4.78, 5) is 24.4. The van der Waals surface area contributed by atoms with Crippen molar-refractivity contribution in [3.63, 3.8) is 0 Å². The van der Waals surface area contributed by atoms with E-state index in [0.29, 0.717) is 0 Å². The van der Waals surface area contributed by atoms with Crippen LogP contribution in [0, 0.1) is 11.6 Å². The van der Waals surface area contributed by atoms with Gasteiger partial charge in [0.05, 0.1) is 24.0 Å². The van der Waals surface area contributed by atoms with Crippen molar-refractivity contribution in [2.45, 2.75) is 19.5 Å². The molecule has 3 aromatic heterocycles. The first kappa shape index (κ1) is 25.5. The molecular weight excluding hydrogens is 503 g/mol. The van der Waals surface area contributed by atoms with E-state index in [1.54, 1.807) is 6.07 Å². The Hall–Kier alpha value is -4.56. The molecule has 0 spiro atoms. The summed E-state index contributed by atoms with van der Waals surface area (Å²) in [6.45, 7) is -0.574. The summed E-state index contributed by atoms with van der Waals surface area (Å²) in [5, 5.41) is 4.32. The first-order valence-corrected chi connectivity index (χ1v) is 10.7. The Kier molecular flexibility index (Phi) is 6.78. The van der Waals surface area contributed by atoms with Crippen LogP contribution in [0.3, 0.4) is 0 Å². The number of nitrogens with two attached hydrogens (primary N) is 2. The standard InChI is InChI=1S/C22H19F5N8O2/c1-2-37-21(36)34(10-22(25,26)27)17-18(28)31-20(32-19(17)29)35-15-8-12(23)9-30-16(15)14(33-35)7-11-5-3-4-6-13(11)24/h3-6,8-9H,2,7,10H2,1H3,(H4,28,29,31,32). The number of halogens is 5. The van der Waals surface area contributed by atoms with Gasteiger partial charge in [-0.1, -0.05) is 18.2 Å². The number of pyridine rings is 1. The van der Waals surface area contributed by atoms with Crippen molar-refractivity contribution in [3.05, 3.63) is 59.4 Å². The Balaban J connectivity index is 1.83. The minimum absolute atomic E-state index is 0.0277. The van der Waals surface area contributed by atoms with Crippen LogP contribution >= 0.6 is 0 Å². The monoisotopic (exact) mass is 522 g/mol. The molecule has 3 heterocycles. The van der Waals surface area contributed by atoms with Gasteiger partial charge in [-0.3, -0.25) is 4.90 Å². The van der Waals surface area contributed by atoms with Crippen LogP contribution in [0.5, 0.6) is 0 Å². The number of carbonyl (C=O) groups excluding carboxylic acids is 1. The summed E-state index contributed by atoms with van der Waals surface area (Å²) in [6, 6.07) is 7.02. The van der Waals surface area contributed by atoms with Crippen molar-refractivity contribution in [2.24, 2.45) is 0 Å². The third-order valence-corrected chi connectivity index (χ3v) is 5.08. The molecule has 15 heteroatoms. The van der Waals surface area contributed by atoms with Crippen LogP contribution in [0.1, 0.15) is 18.2 Å². The van der Waals surface area contributed by atoms with E-state index in [1.165, 1.54) is 25.1 Å². The fourth-order valence-corrected chi connectivity index (χ4v) is 3.59. The average Bonchev–Trinajstić information content (AvgIpc) is 3.16. The van der Waals surface area contributed by atoms with Crippen LogP contribution in [0.2, 0.25) is 0 Å². The lowest BCUT2D eigenvalue weighted by Gasteiger charge is -2.24. The summed E-state index contributed by atoms with van der Waals surface area (Å²) in [6.07, 6.45) is -5.27. The van der Waals surface area contributed by atoms with Crippen LogP contribution in [0.25, 0.3) is 17.0 Å². The van der Waals surface area contributed by atoms with E-state index in [0.717, 1.165) is 16.9 Å². The molecule has 10 nitrogen and oxygen atoms in total. The largest absolute Gasteiger partial charge is 0.449 e. The lowest BCUT2D eigenvalue weighted by atomic mass is 10.1. The summed E-state index contributed by atoms with van der Waals surface area (Å²) in [7, 11) is 0. The second-order valence-corrected chi connectivity index (χ2v) is 7.69. The molecule has 0 atom stereocenters. The maximum Gasteiger partial charge on any atom is 0.414 e. The molecule has 1 aromatic carbocycles. The number of aromatic nitrogens is 5. The Labute approximate surface area is 205 Å². The van der Waals surface area contributed by atoms with Crippen LogP contribution in [0.15, 0.2) is 36.5 Å². The number of hydrogen-bond donors (Lipinski definition) is 2. The van der Waals surface area contributed by atoms with E-state index < -0.39 is 47.8 Å². The van der Waals surface area contributed by atoms with Crippen LogP contribution in [0.4, 0.5) is 44.1 Å². The summed E-state index contributed by atoms with van der Waals surface area (Å²) in [5.41, 5.74) is 12.0. The van der Waals surface area contributed by atoms with E-state index in [2.05, 4.69) is 20.1 Å². The van der Waals surface area contributed by atoms with Gasteiger partial charge in [0.15, 0.2) is 11.6 Å². The number of rotatable bonds is 6. The number of amides is 1. The highest BCUT2D eigenvalue weighted by molar-refractivity contribution is 5.95. The quantitative estimate of drug-likeness (QED) is 0.365.